The van der Waals surface area contributed by atoms with Gasteiger partial charge in [-0.2, -0.15) is 0 Å². The van der Waals surface area contributed by atoms with E-state index in [1.54, 1.807) is 0 Å². The zero-order valence-corrected chi connectivity index (χ0v) is 9.06. The van der Waals surface area contributed by atoms with Gasteiger partial charge in [0.15, 0.2) is 0 Å². The van der Waals surface area contributed by atoms with E-state index in [0.29, 0.717) is 6.61 Å². The van der Waals surface area contributed by atoms with Crippen molar-refractivity contribution in [2.75, 3.05) is 13.2 Å². The van der Waals surface area contributed by atoms with E-state index >= 15 is 0 Å². The highest BCUT2D eigenvalue weighted by Crippen LogP contribution is 2.28. The van der Waals surface area contributed by atoms with E-state index in [9.17, 15) is 0 Å². The Balaban J connectivity index is 2.31. The highest BCUT2D eigenvalue weighted by atomic mass is 32.1. The summed E-state index contributed by atoms with van der Waals surface area (Å²) in [7, 11) is 0. The summed E-state index contributed by atoms with van der Waals surface area (Å²) in [6.45, 7) is 3.62. The maximum atomic E-state index is 5.51. The van der Waals surface area contributed by atoms with Gasteiger partial charge in [0.25, 0.3) is 0 Å². The maximum absolute atomic E-state index is 5.51. The number of ether oxygens (including phenoxy) is 1. The van der Waals surface area contributed by atoms with Crippen LogP contribution in [0.2, 0.25) is 0 Å². The van der Waals surface area contributed by atoms with Gasteiger partial charge in [0.05, 0.1) is 0 Å². The van der Waals surface area contributed by atoms with Gasteiger partial charge in [-0.3, -0.25) is 0 Å². The molecule has 1 aromatic carbocycles. The topological polar surface area (TPSA) is 36.9 Å². The number of fused-ring (bicyclic) bond motifs is 1. The van der Waals surface area contributed by atoms with Crippen LogP contribution < -0.4 is 10.5 Å². The third-order valence-electron chi connectivity index (χ3n) is 2.02. The monoisotopic (exact) mass is 208 g/mol. The zero-order chi connectivity index (χ0) is 9.97. The average molecular weight is 208 g/mol. The number of hydrogen-bond donors (Lipinski definition) is 1. The molecule has 3 heteroatoms. The average Bonchev–Trinajstić information content (AvgIpc) is 2.54. The molecule has 0 unspecified atom stereocenters. The minimum Gasteiger partial charge on any atom is -0.488 e. The molecule has 0 aliphatic heterocycles. The molecular formula is C11H14NOS+. The first-order valence-electron chi connectivity index (χ1n) is 4.72. The SMILES string of the molecule is Cc1cc2cc(OCC[NH3+])ccc2s1. The third kappa shape index (κ3) is 1.89. The molecule has 0 amide bonds. The number of aryl methyl sites for hydroxylation is 1. The second-order valence-electron chi connectivity index (χ2n) is 3.26. The third-order valence-corrected chi connectivity index (χ3v) is 3.06. The van der Waals surface area contributed by atoms with Gasteiger partial charge in [0.1, 0.15) is 18.9 Å². The zero-order valence-electron chi connectivity index (χ0n) is 8.25. The lowest BCUT2D eigenvalue weighted by Gasteiger charge is -2.02. The Kier molecular flexibility index (Phi) is 2.70. The summed E-state index contributed by atoms with van der Waals surface area (Å²) >= 11 is 1.82. The van der Waals surface area contributed by atoms with Crippen molar-refractivity contribution in [3.63, 3.8) is 0 Å². The summed E-state index contributed by atoms with van der Waals surface area (Å²) in [5.41, 5.74) is 3.74. The molecule has 0 atom stereocenters. The summed E-state index contributed by atoms with van der Waals surface area (Å²) in [6.07, 6.45) is 0. The summed E-state index contributed by atoms with van der Waals surface area (Å²) in [5, 5.41) is 1.27. The van der Waals surface area contributed by atoms with Crippen molar-refractivity contribution in [1.29, 1.82) is 0 Å². The van der Waals surface area contributed by atoms with Gasteiger partial charge in [0.2, 0.25) is 0 Å². The van der Waals surface area contributed by atoms with Crippen molar-refractivity contribution in [3.05, 3.63) is 29.1 Å². The number of thiophene rings is 1. The number of hydrogen-bond acceptors (Lipinski definition) is 2. The summed E-state index contributed by atoms with van der Waals surface area (Å²) in [4.78, 5) is 1.34. The normalized spacial score (nSPS) is 10.7. The molecule has 0 saturated carbocycles. The Morgan fingerprint density at radius 2 is 2.21 bits per heavy atom. The van der Waals surface area contributed by atoms with Gasteiger partial charge >= 0.3 is 0 Å². The molecule has 0 bridgehead atoms. The lowest BCUT2D eigenvalue weighted by molar-refractivity contribution is -0.370. The van der Waals surface area contributed by atoms with Crippen LogP contribution in [0.4, 0.5) is 0 Å². The molecule has 3 N–H and O–H groups in total. The van der Waals surface area contributed by atoms with Crippen molar-refractivity contribution in [2.45, 2.75) is 6.92 Å². The van der Waals surface area contributed by atoms with Crippen LogP contribution in [0, 0.1) is 6.92 Å². The fourth-order valence-corrected chi connectivity index (χ4v) is 2.34. The molecule has 1 aromatic heterocycles. The van der Waals surface area contributed by atoms with E-state index in [2.05, 4.69) is 30.9 Å². The van der Waals surface area contributed by atoms with Crippen LogP contribution >= 0.6 is 11.3 Å². The molecule has 0 radical (unpaired) electrons. The number of rotatable bonds is 3. The molecule has 2 nitrogen and oxygen atoms in total. The maximum Gasteiger partial charge on any atom is 0.137 e. The fraction of sp³-hybridized carbons (Fsp3) is 0.273. The molecule has 1 heterocycles. The number of quaternary nitrogens is 1. The molecule has 0 fully saturated rings. The van der Waals surface area contributed by atoms with Crippen molar-refractivity contribution >= 4 is 21.4 Å². The van der Waals surface area contributed by atoms with Crippen LogP contribution in [0.15, 0.2) is 24.3 Å². The van der Waals surface area contributed by atoms with Gasteiger partial charge < -0.3 is 10.5 Å². The van der Waals surface area contributed by atoms with Crippen LogP contribution in [-0.2, 0) is 0 Å². The van der Waals surface area contributed by atoms with Gasteiger partial charge in [-0.1, -0.05) is 0 Å². The number of benzene rings is 1. The van der Waals surface area contributed by atoms with E-state index in [1.165, 1.54) is 15.0 Å². The minimum atomic E-state index is 0.689. The minimum absolute atomic E-state index is 0.689. The first kappa shape index (κ1) is 9.49. The lowest BCUT2D eigenvalue weighted by Crippen LogP contribution is -2.52. The largest absolute Gasteiger partial charge is 0.488 e. The first-order chi connectivity index (χ1) is 6.79. The van der Waals surface area contributed by atoms with E-state index < -0.39 is 0 Å². The van der Waals surface area contributed by atoms with E-state index in [4.69, 9.17) is 4.74 Å². The van der Waals surface area contributed by atoms with Gasteiger partial charge in [-0.15, -0.1) is 11.3 Å². The Bertz CT molecular complexity index is 436. The molecule has 74 valence electrons. The molecule has 0 spiro atoms. The summed E-state index contributed by atoms with van der Waals surface area (Å²) in [5.74, 6) is 0.943. The van der Waals surface area contributed by atoms with Crippen molar-refractivity contribution in [3.8, 4) is 5.75 Å². The Morgan fingerprint density at radius 3 is 3.00 bits per heavy atom. The van der Waals surface area contributed by atoms with Crippen molar-refractivity contribution in [2.24, 2.45) is 0 Å². The van der Waals surface area contributed by atoms with Crippen LogP contribution in [-0.4, -0.2) is 13.2 Å². The van der Waals surface area contributed by atoms with Gasteiger partial charge in [0, 0.05) is 9.58 Å². The van der Waals surface area contributed by atoms with Gasteiger partial charge in [-0.05, 0) is 36.6 Å². The smallest absolute Gasteiger partial charge is 0.137 e. The van der Waals surface area contributed by atoms with Crippen LogP contribution in [0.1, 0.15) is 4.88 Å². The van der Waals surface area contributed by atoms with Crippen LogP contribution in [0.3, 0.4) is 0 Å². The van der Waals surface area contributed by atoms with Crippen LogP contribution in [0.5, 0.6) is 5.75 Å². The first-order valence-corrected chi connectivity index (χ1v) is 5.53. The summed E-state index contributed by atoms with van der Waals surface area (Å²) < 4.78 is 6.84. The standard InChI is InChI=1S/C11H13NOS/c1-8-6-9-7-10(13-5-4-12)2-3-11(9)14-8/h2-3,6-7H,4-5,12H2,1H3/p+1. The Hall–Kier alpha value is -1.06. The fourth-order valence-electron chi connectivity index (χ4n) is 1.43. The lowest BCUT2D eigenvalue weighted by atomic mass is 10.2. The molecule has 2 rings (SSSR count). The quantitative estimate of drug-likeness (QED) is 0.821. The molecule has 0 saturated heterocycles. The summed E-state index contributed by atoms with van der Waals surface area (Å²) in [6, 6.07) is 8.42. The van der Waals surface area contributed by atoms with Crippen molar-refractivity contribution in [1.82, 2.24) is 0 Å². The highest BCUT2D eigenvalue weighted by molar-refractivity contribution is 7.19. The predicted octanol–water partition coefficient (Wildman–Crippen LogP) is 1.83. The molecule has 14 heavy (non-hydrogen) atoms. The van der Waals surface area contributed by atoms with E-state index in [0.717, 1.165) is 12.3 Å². The second kappa shape index (κ2) is 3.98. The van der Waals surface area contributed by atoms with Gasteiger partial charge in [-0.25, -0.2) is 0 Å². The molecule has 0 aliphatic rings. The van der Waals surface area contributed by atoms with Crippen LogP contribution in [0.25, 0.3) is 10.1 Å². The van der Waals surface area contributed by atoms with Crippen molar-refractivity contribution < 1.29 is 10.5 Å². The van der Waals surface area contributed by atoms with E-state index in [-0.39, 0.29) is 0 Å². The van der Waals surface area contributed by atoms with E-state index in [1.807, 2.05) is 17.4 Å². The molecule has 0 aliphatic carbocycles. The Morgan fingerprint density at radius 1 is 1.36 bits per heavy atom. The highest BCUT2D eigenvalue weighted by Gasteiger charge is 2.00. The predicted molar refractivity (Wildman–Crippen MR) is 59.8 cm³/mol. The second-order valence-corrected chi connectivity index (χ2v) is 4.55. The molecule has 2 aromatic rings. The Labute approximate surface area is 87.3 Å². The molecular weight excluding hydrogens is 194 g/mol.